The predicted octanol–water partition coefficient (Wildman–Crippen LogP) is 11.4. The lowest BCUT2D eigenvalue weighted by Crippen LogP contribution is -2.33. The van der Waals surface area contributed by atoms with Gasteiger partial charge in [0.25, 0.3) is 0 Å². The molecule has 0 radical (unpaired) electrons. The molecular weight excluding hydrogens is 570 g/mol. The second-order valence-electron chi connectivity index (χ2n) is 13.2. The van der Waals surface area contributed by atoms with Gasteiger partial charge in [-0.1, -0.05) is 127 Å². The molecule has 1 fully saturated rings. The smallest absolute Gasteiger partial charge is 0.306 e. The van der Waals surface area contributed by atoms with Gasteiger partial charge in [0.2, 0.25) is 0 Å². The Bertz CT molecular complexity index is 777. The van der Waals surface area contributed by atoms with Crippen molar-refractivity contribution in [1.82, 2.24) is 4.90 Å². The highest BCUT2D eigenvalue weighted by molar-refractivity contribution is 5.70. The van der Waals surface area contributed by atoms with E-state index in [4.69, 9.17) is 9.47 Å². The number of carbonyl (C=O) groups is 2. The van der Waals surface area contributed by atoms with Crippen LogP contribution in [-0.2, 0) is 19.1 Å². The maximum atomic E-state index is 12.5. The summed E-state index contributed by atoms with van der Waals surface area (Å²) in [5.74, 6) is -0.332. The van der Waals surface area contributed by atoms with E-state index in [1.54, 1.807) is 0 Å². The molecule has 0 bridgehead atoms. The predicted molar refractivity (Wildman–Crippen MR) is 196 cm³/mol. The average Bonchev–Trinajstić information content (AvgIpc) is 3.38. The first kappa shape index (κ1) is 41.9. The minimum absolute atomic E-state index is 0.166. The molecule has 1 aliphatic rings. The van der Waals surface area contributed by atoms with Crippen molar-refractivity contribution in [3.05, 3.63) is 48.6 Å². The Labute approximate surface area is 284 Å². The number of nitrogens with zero attached hydrogens (tertiary/aromatic N) is 1. The zero-order valence-corrected chi connectivity index (χ0v) is 30.2. The fourth-order valence-corrected chi connectivity index (χ4v) is 5.77. The van der Waals surface area contributed by atoms with Crippen LogP contribution in [0, 0.1) is 0 Å². The molecule has 1 aliphatic heterocycles. The lowest BCUT2D eigenvalue weighted by atomic mass is 10.1. The molecule has 264 valence electrons. The van der Waals surface area contributed by atoms with Gasteiger partial charge < -0.3 is 9.47 Å². The summed E-state index contributed by atoms with van der Waals surface area (Å²) >= 11 is 0. The quantitative estimate of drug-likeness (QED) is 0.0444. The molecule has 0 amide bonds. The van der Waals surface area contributed by atoms with Gasteiger partial charge in [0.05, 0.1) is 0 Å². The molecule has 5 nitrogen and oxygen atoms in total. The van der Waals surface area contributed by atoms with Crippen LogP contribution in [0.25, 0.3) is 0 Å². The fourth-order valence-electron chi connectivity index (χ4n) is 5.77. The Morgan fingerprint density at radius 2 is 0.826 bits per heavy atom. The normalized spacial score (nSPS) is 17.4. The molecule has 2 atom stereocenters. The number of carbonyl (C=O) groups excluding carboxylic acids is 2. The Balaban J connectivity index is 2.04. The molecule has 0 saturated carbocycles. The number of allylic oxidation sites excluding steroid dienone is 8. The average molecular weight is 642 g/mol. The van der Waals surface area contributed by atoms with E-state index in [9.17, 15) is 9.59 Å². The lowest BCUT2D eigenvalue weighted by Gasteiger charge is -2.19. The summed E-state index contributed by atoms with van der Waals surface area (Å²) in [7, 11) is 1.98. The summed E-state index contributed by atoms with van der Waals surface area (Å²) in [5.41, 5.74) is 0. The highest BCUT2D eigenvalue weighted by Crippen LogP contribution is 2.19. The van der Waals surface area contributed by atoms with Gasteiger partial charge >= 0.3 is 11.9 Å². The number of unbranched alkanes of at least 4 members (excludes halogenated alkanes) is 16. The minimum Gasteiger partial charge on any atom is -0.457 e. The van der Waals surface area contributed by atoms with E-state index >= 15 is 0 Å². The monoisotopic (exact) mass is 642 g/mol. The van der Waals surface area contributed by atoms with Gasteiger partial charge in [-0.25, -0.2) is 0 Å². The van der Waals surface area contributed by atoms with Crippen LogP contribution >= 0.6 is 0 Å². The third kappa shape index (κ3) is 26.0. The number of hydrogen-bond donors (Lipinski definition) is 0. The molecule has 1 rings (SSSR count). The summed E-state index contributed by atoms with van der Waals surface area (Å²) < 4.78 is 11.5. The van der Waals surface area contributed by atoms with Crippen molar-refractivity contribution in [1.29, 1.82) is 0 Å². The second-order valence-corrected chi connectivity index (χ2v) is 13.2. The van der Waals surface area contributed by atoms with Gasteiger partial charge in [0, 0.05) is 25.9 Å². The van der Waals surface area contributed by atoms with Crippen molar-refractivity contribution in [3.63, 3.8) is 0 Å². The molecule has 2 unspecified atom stereocenters. The molecule has 1 saturated heterocycles. The van der Waals surface area contributed by atoms with Crippen LogP contribution in [0.1, 0.15) is 168 Å². The number of ether oxygens (including phenoxy) is 2. The second kappa shape index (κ2) is 31.5. The topological polar surface area (TPSA) is 55.8 Å². The van der Waals surface area contributed by atoms with Gasteiger partial charge in [0.15, 0.2) is 12.2 Å². The van der Waals surface area contributed by atoms with Crippen LogP contribution in [0.15, 0.2) is 48.6 Å². The Morgan fingerprint density at radius 1 is 0.500 bits per heavy atom. The molecule has 46 heavy (non-hydrogen) atoms. The van der Waals surface area contributed by atoms with E-state index < -0.39 is 0 Å². The maximum Gasteiger partial charge on any atom is 0.306 e. The van der Waals surface area contributed by atoms with Crippen molar-refractivity contribution < 1.29 is 19.1 Å². The molecule has 5 heteroatoms. The van der Waals surface area contributed by atoms with Crippen LogP contribution in [0.2, 0.25) is 0 Å². The third-order valence-corrected chi connectivity index (χ3v) is 8.63. The van der Waals surface area contributed by atoms with Crippen molar-refractivity contribution in [2.24, 2.45) is 0 Å². The van der Waals surface area contributed by atoms with Crippen molar-refractivity contribution in [2.75, 3.05) is 20.1 Å². The molecule has 1 heterocycles. The van der Waals surface area contributed by atoms with E-state index in [0.29, 0.717) is 25.9 Å². The Kier molecular flexibility index (Phi) is 28.6. The van der Waals surface area contributed by atoms with E-state index in [2.05, 4.69) is 67.4 Å². The molecule has 0 aromatic heterocycles. The van der Waals surface area contributed by atoms with E-state index in [1.165, 1.54) is 77.0 Å². The number of hydrogen-bond acceptors (Lipinski definition) is 5. The Morgan fingerprint density at radius 3 is 1.20 bits per heavy atom. The third-order valence-electron chi connectivity index (χ3n) is 8.63. The molecule has 0 aliphatic carbocycles. The Hall–Kier alpha value is -2.14. The van der Waals surface area contributed by atoms with Crippen molar-refractivity contribution >= 4 is 11.9 Å². The SMILES string of the molecule is CCCCC/C=C\C/C=C\CCCCCCCC(=O)OC1CN(C)CC1OC(=O)CCCCCCC/C=C\C/C=C\CCCCC. The van der Waals surface area contributed by atoms with E-state index in [0.717, 1.165) is 64.2 Å². The van der Waals surface area contributed by atoms with Crippen LogP contribution in [0.3, 0.4) is 0 Å². The molecular formula is C41H71NO4. The zero-order chi connectivity index (χ0) is 33.3. The number of rotatable bonds is 30. The van der Waals surface area contributed by atoms with Gasteiger partial charge in [-0.3, -0.25) is 14.5 Å². The number of esters is 2. The first-order chi connectivity index (χ1) is 22.6. The van der Waals surface area contributed by atoms with Gasteiger partial charge in [-0.2, -0.15) is 0 Å². The highest BCUT2D eigenvalue weighted by Gasteiger charge is 2.36. The lowest BCUT2D eigenvalue weighted by molar-refractivity contribution is -0.164. The standard InChI is InChI=1S/C41H71NO4/c1-4-6-8-10-12-14-16-18-20-22-24-26-28-30-32-34-40(43)45-38-36-42(3)37-39(38)46-41(44)35-33-31-29-27-25-23-21-19-17-15-13-11-9-7-5-2/h12-15,18-21,38-39H,4-11,16-17,22-37H2,1-3H3/b14-12-,15-13-,20-18-,21-19-. The first-order valence-corrected chi connectivity index (χ1v) is 19.2. The maximum absolute atomic E-state index is 12.5. The van der Waals surface area contributed by atoms with E-state index in [1.807, 2.05) is 7.05 Å². The first-order valence-electron chi connectivity index (χ1n) is 19.2. The fraction of sp³-hybridized carbons (Fsp3) is 0.756. The van der Waals surface area contributed by atoms with Crippen molar-refractivity contribution in [3.8, 4) is 0 Å². The molecule has 0 aromatic rings. The van der Waals surface area contributed by atoms with Crippen LogP contribution in [0.5, 0.6) is 0 Å². The summed E-state index contributed by atoms with van der Waals surface area (Å²) in [5, 5.41) is 0. The number of likely N-dealkylation sites (tertiary alicyclic amines) is 1. The molecule has 0 spiro atoms. The summed E-state index contributed by atoms with van der Waals surface area (Å²) in [6, 6.07) is 0. The van der Waals surface area contributed by atoms with Gasteiger partial charge in [-0.05, 0) is 84.1 Å². The summed E-state index contributed by atoms with van der Waals surface area (Å²) in [4.78, 5) is 27.1. The molecule has 0 aromatic carbocycles. The van der Waals surface area contributed by atoms with Crippen LogP contribution in [-0.4, -0.2) is 49.2 Å². The van der Waals surface area contributed by atoms with Gasteiger partial charge in [-0.15, -0.1) is 0 Å². The summed E-state index contributed by atoms with van der Waals surface area (Å²) in [6.07, 6.45) is 44.0. The van der Waals surface area contributed by atoms with Crippen LogP contribution < -0.4 is 0 Å². The van der Waals surface area contributed by atoms with E-state index in [-0.39, 0.29) is 24.1 Å². The molecule has 0 N–H and O–H groups in total. The highest BCUT2D eigenvalue weighted by atomic mass is 16.6. The summed E-state index contributed by atoms with van der Waals surface area (Å²) in [6.45, 7) is 5.73. The van der Waals surface area contributed by atoms with Crippen molar-refractivity contribution in [2.45, 2.75) is 180 Å². The zero-order valence-electron chi connectivity index (χ0n) is 30.2. The largest absolute Gasteiger partial charge is 0.457 e. The van der Waals surface area contributed by atoms with Crippen LogP contribution in [0.4, 0.5) is 0 Å². The van der Waals surface area contributed by atoms with Gasteiger partial charge in [0.1, 0.15) is 0 Å². The minimum atomic E-state index is -0.357. The number of likely N-dealkylation sites (N-methyl/N-ethyl adjacent to an activating group) is 1.